The molecule has 2 aromatic rings. The number of fused-ring (bicyclic) bond motifs is 2. The van der Waals surface area contributed by atoms with E-state index in [0.717, 1.165) is 74.1 Å². The minimum atomic E-state index is 0.477. The van der Waals surface area contributed by atoms with Crippen LogP contribution in [0, 0.1) is 12.3 Å². The van der Waals surface area contributed by atoms with Crippen molar-refractivity contribution >= 4 is 16.6 Å². The summed E-state index contributed by atoms with van der Waals surface area (Å²) in [6.07, 6.45) is 11.8. The third-order valence-corrected chi connectivity index (χ3v) is 6.03. The third-order valence-electron chi connectivity index (χ3n) is 6.03. The Morgan fingerprint density at radius 2 is 1.93 bits per heavy atom. The molecule has 148 valence electrons. The number of benzene rings is 1. The summed E-state index contributed by atoms with van der Waals surface area (Å²) in [5, 5.41) is 5.02. The molecule has 0 unspecified atom stereocenters. The Balaban J connectivity index is 1.64. The van der Waals surface area contributed by atoms with Gasteiger partial charge in [0.25, 0.3) is 0 Å². The van der Waals surface area contributed by atoms with E-state index in [1.54, 1.807) is 14.2 Å². The largest absolute Gasteiger partial charge is 0.493 e. The molecule has 2 heterocycles. The molecule has 1 aliphatic carbocycles. The van der Waals surface area contributed by atoms with Gasteiger partial charge < -0.3 is 19.7 Å². The topological polar surface area (TPSA) is 46.6 Å². The van der Waals surface area contributed by atoms with Crippen LogP contribution in [0.5, 0.6) is 11.5 Å². The maximum absolute atomic E-state index is 5.56. The van der Waals surface area contributed by atoms with Crippen molar-refractivity contribution < 1.29 is 9.47 Å². The van der Waals surface area contributed by atoms with E-state index < -0.39 is 0 Å². The summed E-state index contributed by atoms with van der Waals surface area (Å²) < 4.78 is 11.0. The number of hydrogen-bond acceptors (Lipinski definition) is 5. The molecule has 0 atom stereocenters. The summed E-state index contributed by atoms with van der Waals surface area (Å²) in [4.78, 5) is 7.41. The van der Waals surface area contributed by atoms with Gasteiger partial charge in [0.15, 0.2) is 11.5 Å². The predicted octanol–water partition coefficient (Wildman–Crippen LogP) is 3.64. The van der Waals surface area contributed by atoms with Gasteiger partial charge in [-0.1, -0.05) is 0 Å². The van der Waals surface area contributed by atoms with E-state index in [4.69, 9.17) is 20.9 Å². The Hall–Kier alpha value is -2.45. The second kappa shape index (κ2) is 8.28. The van der Waals surface area contributed by atoms with Gasteiger partial charge in [0, 0.05) is 54.9 Å². The van der Waals surface area contributed by atoms with Crippen molar-refractivity contribution in [3.8, 4) is 23.8 Å². The molecule has 2 aliphatic rings. The van der Waals surface area contributed by atoms with E-state index >= 15 is 0 Å². The summed E-state index contributed by atoms with van der Waals surface area (Å²) in [6.45, 7) is 3.21. The number of nitrogens with one attached hydrogen (secondary N) is 1. The molecular weight excluding hydrogens is 350 g/mol. The second-order valence-corrected chi connectivity index (χ2v) is 7.70. The van der Waals surface area contributed by atoms with Crippen LogP contribution < -0.4 is 14.8 Å². The number of hydrogen-bond donors (Lipinski definition) is 1. The first kappa shape index (κ1) is 18.9. The van der Waals surface area contributed by atoms with Gasteiger partial charge in [0.1, 0.15) is 0 Å². The Bertz CT molecular complexity index is 895. The smallest absolute Gasteiger partial charge is 0.162 e. The van der Waals surface area contributed by atoms with Gasteiger partial charge in [-0.3, -0.25) is 4.98 Å². The van der Waals surface area contributed by atoms with Gasteiger partial charge in [-0.2, -0.15) is 0 Å². The van der Waals surface area contributed by atoms with Crippen molar-refractivity contribution in [2.24, 2.45) is 0 Å². The number of likely N-dealkylation sites (tertiary alicyclic amines) is 1. The molecule has 0 spiro atoms. The molecule has 1 aliphatic heterocycles. The van der Waals surface area contributed by atoms with Gasteiger partial charge in [-0.05, 0) is 43.7 Å². The van der Waals surface area contributed by atoms with E-state index in [9.17, 15) is 0 Å². The molecule has 1 aromatic carbocycles. The molecule has 1 fully saturated rings. The van der Waals surface area contributed by atoms with Crippen LogP contribution in [0.15, 0.2) is 12.1 Å². The molecule has 0 saturated carbocycles. The van der Waals surface area contributed by atoms with Gasteiger partial charge in [-0.15, -0.1) is 12.3 Å². The number of nitrogens with zero attached hydrogens (tertiary/aromatic N) is 2. The number of aryl methyl sites for hydroxylation is 1. The molecule has 0 amide bonds. The first-order valence-electron chi connectivity index (χ1n) is 10.2. The Kier molecular flexibility index (Phi) is 5.59. The number of anilines is 1. The fraction of sp³-hybridized carbons (Fsp3) is 0.522. The van der Waals surface area contributed by atoms with Crippen molar-refractivity contribution in [3.05, 3.63) is 23.4 Å². The van der Waals surface area contributed by atoms with Gasteiger partial charge in [-0.25, -0.2) is 0 Å². The van der Waals surface area contributed by atoms with Crippen LogP contribution in [0.1, 0.15) is 36.9 Å². The number of aromatic nitrogens is 1. The van der Waals surface area contributed by atoms with Crippen LogP contribution in [-0.2, 0) is 12.8 Å². The zero-order valence-corrected chi connectivity index (χ0v) is 16.9. The third kappa shape index (κ3) is 3.62. The molecule has 4 rings (SSSR count). The maximum atomic E-state index is 5.56. The maximum Gasteiger partial charge on any atom is 0.162 e. The van der Waals surface area contributed by atoms with Gasteiger partial charge >= 0.3 is 0 Å². The first-order chi connectivity index (χ1) is 13.7. The molecule has 0 bridgehead atoms. The van der Waals surface area contributed by atoms with Crippen molar-refractivity contribution in [2.45, 2.75) is 44.6 Å². The van der Waals surface area contributed by atoms with E-state index in [2.05, 4.69) is 22.2 Å². The number of terminal acetylenes is 1. The molecule has 5 heteroatoms. The second-order valence-electron chi connectivity index (χ2n) is 7.70. The molecule has 0 radical (unpaired) electrons. The zero-order chi connectivity index (χ0) is 19.5. The van der Waals surface area contributed by atoms with Crippen molar-refractivity contribution in [1.29, 1.82) is 0 Å². The van der Waals surface area contributed by atoms with Crippen molar-refractivity contribution in [2.75, 3.05) is 39.2 Å². The lowest BCUT2D eigenvalue weighted by molar-refractivity contribution is 0.224. The summed E-state index contributed by atoms with van der Waals surface area (Å²) in [5.74, 6) is 4.23. The summed E-state index contributed by atoms with van der Waals surface area (Å²) >= 11 is 0. The predicted molar refractivity (Wildman–Crippen MR) is 113 cm³/mol. The van der Waals surface area contributed by atoms with Gasteiger partial charge in [0.05, 0.1) is 19.7 Å². The lowest BCUT2D eigenvalue weighted by atomic mass is 10.0. The first-order valence-corrected chi connectivity index (χ1v) is 10.2. The van der Waals surface area contributed by atoms with Crippen LogP contribution in [0.25, 0.3) is 10.9 Å². The highest BCUT2D eigenvalue weighted by Gasteiger charge is 2.25. The molecule has 1 aromatic heterocycles. The molecular formula is C23H29N3O2. The van der Waals surface area contributed by atoms with Crippen LogP contribution in [0.4, 0.5) is 5.69 Å². The van der Waals surface area contributed by atoms with E-state index in [0.29, 0.717) is 6.04 Å². The number of rotatable bonds is 6. The summed E-state index contributed by atoms with van der Waals surface area (Å²) in [7, 11) is 3.35. The quantitative estimate of drug-likeness (QED) is 0.777. The highest BCUT2D eigenvalue weighted by Crippen LogP contribution is 2.40. The number of pyridine rings is 1. The van der Waals surface area contributed by atoms with E-state index in [-0.39, 0.29) is 0 Å². The Morgan fingerprint density at radius 1 is 1.18 bits per heavy atom. The number of methoxy groups -OCH3 is 2. The van der Waals surface area contributed by atoms with E-state index in [1.165, 1.54) is 23.4 Å². The Morgan fingerprint density at radius 3 is 2.64 bits per heavy atom. The minimum absolute atomic E-state index is 0.477. The molecule has 28 heavy (non-hydrogen) atoms. The molecule has 5 nitrogen and oxygen atoms in total. The highest BCUT2D eigenvalue weighted by atomic mass is 16.5. The fourth-order valence-corrected chi connectivity index (χ4v) is 4.48. The standard InChI is InChI=1S/C23H29N3O2/c1-4-5-11-26-12-9-16(10-13-26)24-23-17-7-6-8-19(17)25-20-15-22(28-3)21(27-2)14-18(20)23/h1,14-16H,5-13H2,2-3H3,(H,24,25). The average molecular weight is 380 g/mol. The van der Waals surface area contributed by atoms with Crippen LogP contribution in [0.2, 0.25) is 0 Å². The van der Waals surface area contributed by atoms with Crippen LogP contribution in [0.3, 0.4) is 0 Å². The molecule has 1 N–H and O–H groups in total. The highest BCUT2D eigenvalue weighted by molar-refractivity contribution is 5.96. The van der Waals surface area contributed by atoms with Crippen LogP contribution >= 0.6 is 0 Å². The summed E-state index contributed by atoms with van der Waals surface area (Å²) in [5.41, 5.74) is 4.84. The minimum Gasteiger partial charge on any atom is -0.493 e. The lowest BCUT2D eigenvalue weighted by Crippen LogP contribution is -2.39. The van der Waals surface area contributed by atoms with Gasteiger partial charge in [0.2, 0.25) is 0 Å². The zero-order valence-electron chi connectivity index (χ0n) is 16.9. The van der Waals surface area contributed by atoms with Crippen molar-refractivity contribution in [1.82, 2.24) is 9.88 Å². The van der Waals surface area contributed by atoms with Crippen molar-refractivity contribution in [3.63, 3.8) is 0 Å². The fourth-order valence-electron chi connectivity index (χ4n) is 4.48. The van der Waals surface area contributed by atoms with Crippen LogP contribution in [-0.4, -0.2) is 49.8 Å². The summed E-state index contributed by atoms with van der Waals surface area (Å²) in [6, 6.07) is 4.55. The Labute approximate surface area is 167 Å². The number of ether oxygens (including phenoxy) is 2. The number of piperidine rings is 1. The lowest BCUT2D eigenvalue weighted by Gasteiger charge is -2.33. The molecule has 1 saturated heterocycles. The van der Waals surface area contributed by atoms with E-state index in [1.807, 2.05) is 6.07 Å². The monoisotopic (exact) mass is 379 g/mol. The average Bonchev–Trinajstić information content (AvgIpc) is 3.20. The SMILES string of the molecule is C#CCCN1CCC(Nc2c3c(nc4cc(OC)c(OC)cc24)CCC3)CC1. The normalized spacial score (nSPS) is 17.3.